The largest absolute Gasteiger partial charge is 0.350 e. The zero-order chi connectivity index (χ0) is 12.7. The Morgan fingerprint density at radius 3 is 2.06 bits per heavy atom. The van der Waals surface area contributed by atoms with Crippen LogP contribution < -0.4 is 23.2 Å². The Balaban J connectivity index is 3.69. The zero-order valence-electron chi connectivity index (χ0n) is 9.43. The van der Waals surface area contributed by atoms with Crippen LogP contribution in [0.5, 0.6) is 0 Å². The van der Waals surface area contributed by atoms with Crippen molar-refractivity contribution in [2.75, 3.05) is 13.1 Å². The molecular formula is C8H20N6O2. The number of amides is 4. The fourth-order valence-corrected chi connectivity index (χ4v) is 1.24. The molecule has 8 N–H and O–H groups in total. The third-order valence-corrected chi connectivity index (χ3v) is 2.17. The van der Waals surface area contributed by atoms with Crippen molar-refractivity contribution in [2.24, 2.45) is 29.1 Å². The maximum Gasteiger partial charge on any atom is 0.328 e. The Morgan fingerprint density at radius 1 is 1.12 bits per heavy atom. The summed E-state index contributed by atoms with van der Waals surface area (Å²) >= 11 is 0. The summed E-state index contributed by atoms with van der Waals surface area (Å²) in [5.74, 6) is 10.8. The predicted octanol–water partition coefficient (Wildman–Crippen LogP) is -1.09. The summed E-state index contributed by atoms with van der Waals surface area (Å²) in [6.45, 7) is 2.67. The number of carbonyl (C=O) groups is 2. The molecule has 0 aliphatic carbocycles. The van der Waals surface area contributed by atoms with Gasteiger partial charge in [-0.1, -0.05) is 6.92 Å². The number of urea groups is 2. The normalized spacial score (nSPS) is 11.9. The fraction of sp³-hybridized carbons (Fsp3) is 0.750. The highest BCUT2D eigenvalue weighted by Crippen LogP contribution is 2.06. The molecule has 0 aromatic heterocycles. The number of hydrogen-bond acceptors (Lipinski definition) is 4. The minimum Gasteiger partial charge on any atom is -0.350 e. The van der Waals surface area contributed by atoms with Crippen molar-refractivity contribution in [3.63, 3.8) is 0 Å². The molecule has 8 nitrogen and oxygen atoms in total. The molecular weight excluding hydrogens is 212 g/mol. The van der Waals surface area contributed by atoms with Crippen LogP contribution in [0.4, 0.5) is 9.59 Å². The standard InChI is InChI=1S/C8H20N6O2/c1-6(5-14(12)8(10)16)3-2-4-13(11)7(9)15/h6H,2-5,11-12H2,1H3,(H2,9,15)(H2,10,16). The van der Waals surface area contributed by atoms with Gasteiger partial charge in [0.25, 0.3) is 0 Å². The van der Waals surface area contributed by atoms with E-state index in [-0.39, 0.29) is 5.92 Å². The Bertz CT molecular complexity index is 247. The van der Waals surface area contributed by atoms with Crippen LogP contribution in [-0.4, -0.2) is 35.2 Å². The molecule has 0 fully saturated rings. The van der Waals surface area contributed by atoms with Crippen LogP contribution >= 0.6 is 0 Å². The van der Waals surface area contributed by atoms with Gasteiger partial charge in [0.2, 0.25) is 0 Å². The summed E-state index contributed by atoms with van der Waals surface area (Å²) < 4.78 is 0. The summed E-state index contributed by atoms with van der Waals surface area (Å²) in [7, 11) is 0. The number of primary amides is 2. The van der Waals surface area contributed by atoms with Crippen molar-refractivity contribution in [2.45, 2.75) is 19.8 Å². The van der Waals surface area contributed by atoms with Gasteiger partial charge in [-0.2, -0.15) is 0 Å². The second-order valence-electron chi connectivity index (χ2n) is 3.77. The maximum absolute atomic E-state index is 10.6. The third kappa shape index (κ3) is 6.04. The molecule has 0 saturated carbocycles. The molecule has 8 heteroatoms. The Morgan fingerprint density at radius 2 is 1.62 bits per heavy atom. The topological polar surface area (TPSA) is 145 Å². The SMILES string of the molecule is CC(CCCN(N)C(N)=O)CN(N)C(N)=O. The van der Waals surface area contributed by atoms with Gasteiger partial charge >= 0.3 is 12.1 Å². The molecule has 0 aliphatic heterocycles. The van der Waals surface area contributed by atoms with E-state index in [9.17, 15) is 9.59 Å². The molecule has 0 aromatic carbocycles. The lowest BCUT2D eigenvalue weighted by Gasteiger charge is -2.20. The van der Waals surface area contributed by atoms with Crippen LogP contribution in [0.25, 0.3) is 0 Å². The molecule has 0 heterocycles. The minimum absolute atomic E-state index is 0.179. The van der Waals surface area contributed by atoms with E-state index in [0.717, 1.165) is 16.4 Å². The molecule has 0 spiro atoms. The fourth-order valence-electron chi connectivity index (χ4n) is 1.24. The number of nitrogens with two attached hydrogens (primary N) is 4. The Labute approximate surface area is 94.4 Å². The van der Waals surface area contributed by atoms with Crippen molar-refractivity contribution in [1.82, 2.24) is 10.0 Å². The van der Waals surface area contributed by atoms with Crippen molar-refractivity contribution in [1.29, 1.82) is 0 Å². The molecule has 0 rings (SSSR count). The second kappa shape index (κ2) is 6.85. The van der Waals surface area contributed by atoms with Crippen molar-refractivity contribution in [3.8, 4) is 0 Å². The first-order valence-corrected chi connectivity index (χ1v) is 4.98. The average Bonchev–Trinajstić information content (AvgIpc) is 2.16. The lowest BCUT2D eigenvalue weighted by atomic mass is 10.1. The van der Waals surface area contributed by atoms with Crippen LogP contribution in [0.1, 0.15) is 19.8 Å². The maximum atomic E-state index is 10.6. The predicted molar refractivity (Wildman–Crippen MR) is 59.4 cm³/mol. The molecule has 0 radical (unpaired) electrons. The van der Waals surface area contributed by atoms with E-state index in [2.05, 4.69) is 0 Å². The van der Waals surface area contributed by atoms with Gasteiger partial charge < -0.3 is 11.5 Å². The van der Waals surface area contributed by atoms with Crippen molar-refractivity contribution < 1.29 is 9.59 Å². The molecule has 1 unspecified atom stereocenters. The first-order chi connectivity index (χ1) is 7.34. The zero-order valence-corrected chi connectivity index (χ0v) is 9.43. The van der Waals surface area contributed by atoms with Gasteiger partial charge in [-0.15, -0.1) is 0 Å². The summed E-state index contributed by atoms with van der Waals surface area (Å²) in [4.78, 5) is 21.2. The van der Waals surface area contributed by atoms with Gasteiger partial charge in [0.1, 0.15) is 0 Å². The van der Waals surface area contributed by atoms with Crippen LogP contribution in [-0.2, 0) is 0 Å². The second-order valence-corrected chi connectivity index (χ2v) is 3.77. The molecule has 4 amide bonds. The first-order valence-electron chi connectivity index (χ1n) is 4.98. The van der Waals surface area contributed by atoms with Crippen LogP contribution in [0.2, 0.25) is 0 Å². The van der Waals surface area contributed by atoms with E-state index in [4.69, 9.17) is 23.2 Å². The molecule has 0 saturated heterocycles. The summed E-state index contributed by atoms with van der Waals surface area (Å²) in [6.07, 6.45) is 1.45. The van der Waals surface area contributed by atoms with Gasteiger partial charge in [0.05, 0.1) is 0 Å². The quantitative estimate of drug-likeness (QED) is 0.262. The van der Waals surface area contributed by atoms with Gasteiger partial charge in [-0.05, 0) is 18.8 Å². The van der Waals surface area contributed by atoms with E-state index in [1.807, 2.05) is 6.92 Å². The van der Waals surface area contributed by atoms with Gasteiger partial charge in [-0.3, -0.25) is 10.0 Å². The minimum atomic E-state index is -0.663. The van der Waals surface area contributed by atoms with Crippen LogP contribution in [0.15, 0.2) is 0 Å². The number of hydrogen-bond donors (Lipinski definition) is 4. The van der Waals surface area contributed by atoms with Crippen LogP contribution in [0.3, 0.4) is 0 Å². The highest BCUT2D eigenvalue weighted by molar-refractivity contribution is 5.71. The highest BCUT2D eigenvalue weighted by Gasteiger charge is 2.10. The number of nitrogens with zero attached hydrogens (tertiary/aromatic N) is 2. The Hall–Kier alpha value is -1.54. The number of hydrazine groups is 2. The summed E-state index contributed by atoms with van der Waals surface area (Å²) in [6, 6.07) is -1.32. The van der Waals surface area contributed by atoms with Crippen molar-refractivity contribution >= 4 is 12.1 Å². The smallest absolute Gasteiger partial charge is 0.328 e. The van der Waals surface area contributed by atoms with E-state index in [1.165, 1.54) is 0 Å². The lowest BCUT2D eigenvalue weighted by molar-refractivity contribution is 0.194. The molecule has 16 heavy (non-hydrogen) atoms. The monoisotopic (exact) mass is 232 g/mol. The first kappa shape index (κ1) is 14.5. The summed E-state index contributed by atoms with van der Waals surface area (Å²) in [5, 5.41) is 1.90. The van der Waals surface area contributed by atoms with E-state index in [0.29, 0.717) is 19.5 Å². The number of carbonyl (C=O) groups excluding carboxylic acids is 2. The van der Waals surface area contributed by atoms with Crippen molar-refractivity contribution in [3.05, 3.63) is 0 Å². The van der Waals surface area contributed by atoms with E-state index < -0.39 is 12.1 Å². The van der Waals surface area contributed by atoms with Gasteiger partial charge in [0.15, 0.2) is 0 Å². The molecule has 0 aromatic rings. The summed E-state index contributed by atoms with van der Waals surface area (Å²) in [5.41, 5.74) is 9.92. The average molecular weight is 232 g/mol. The molecule has 0 bridgehead atoms. The Kier molecular flexibility index (Phi) is 6.19. The van der Waals surface area contributed by atoms with Gasteiger partial charge in [0, 0.05) is 13.1 Å². The molecule has 94 valence electrons. The van der Waals surface area contributed by atoms with E-state index >= 15 is 0 Å². The number of rotatable bonds is 6. The lowest BCUT2D eigenvalue weighted by Crippen LogP contribution is -2.44. The molecule has 0 aliphatic rings. The van der Waals surface area contributed by atoms with Gasteiger partial charge in [-0.25, -0.2) is 21.3 Å². The van der Waals surface area contributed by atoms with E-state index in [1.54, 1.807) is 0 Å². The third-order valence-electron chi connectivity index (χ3n) is 2.17. The molecule has 1 atom stereocenters. The highest BCUT2D eigenvalue weighted by atomic mass is 16.2. The van der Waals surface area contributed by atoms with Crippen LogP contribution in [0, 0.1) is 5.92 Å².